The molecule has 124 valence electrons. The van der Waals surface area contributed by atoms with Crippen molar-refractivity contribution in [1.29, 1.82) is 0 Å². The van der Waals surface area contributed by atoms with Crippen molar-refractivity contribution in [2.24, 2.45) is 0 Å². The highest BCUT2D eigenvalue weighted by Crippen LogP contribution is 2.26. The van der Waals surface area contributed by atoms with Crippen molar-refractivity contribution in [2.75, 3.05) is 13.2 Å². The zero-order valence-electron chi connectivity index (χ0n) is 12.5. The van der Waals surface area contributed by atoms with E-state index in [1.165, 1.54) is 24.3 Å². The van der Waals surface area contributed by atoms with Crippen LogP contribution in [0.1, 0.15) is 15.9 Å². The topological polar surface area (TPSA) is 110 Å². The van der Waals surface area contributed by atoms with Gasteiger partial charge in [0.05, 0.1) is 11.1 Å². The third-order valence-corrected chi connectivity index (χ3v) is 2.97. The Hall–Kier alpha value is -3.35. The second-order valence-corrected chi connectivity index (χ2v) is 4.69. The maximum Gasteiger partial charge on any atom is 0.341 e. The predicted octanol–water partition coefficient (Wildman–Crippen LogP) is 1.84. The molecule has 0 aromatic heterocycles. The van der Waals surface area contributed by atoms with Crippen molar-refractivity contribution in [1.82, 2.24) is 0 Å². The van der Waals surface area contributed by atoms with Gasteiger partial charge in [0.2, 0.25) is 0 Å². The largest absolute Gasteiger partial charge is 0.481 e. The van der Waals surface area contributed by atoms with Crippen molar-refractivity contribution in [3.8, 4) is 11.5 Å². The Morgan fingerprint density at radius 1 is 0.708 bits per heavy atom. The van der Waals surface area contributed by atoms with Gasteiger partial charge in [0.1, 0.15) is 11.5 Å². The first-order valence-corrected chi connectivity index (χ1v) is 6.91. The zero-order valence-corrected chi connectivity index (χ0v) is 12.5. The molecule has 0 fully saturated rings. The van der Waals surface area contributed by atoms with Crippen LogP contribution >= 0.6 is 0 Å². The van der Waals surface area contributed by atoms with E-state index in [0.29, 0.717) is 0 Å². The van der Waals surface area contributed by atoms with Gasteiger partial charge in [-0.3, -0.25) is 4.79 Å². The maximum atomic E-state index is 12.7. The molecule has 7 nitrogen and oxygen atoms in total. The van der Waals surface area contributed by atoms with Crippen molar-refractivity contribution in [2.45, 2.75) is 0 Å². The quantitative estimate of drug-likeness (QED) is 0.711. The first kappa shape index (κ1) is 17.0. The molecule has 0 aliphatic carbocycles. The van der Waals surface area contributed by atoms with Gasteiger partial charge >= 0.3 is 11.9 Å². The lowest BCUT2D eigenvalue weighted by atomic mass is 10.0. The minimum atomic E-state index is -1.16. The third-order valence-electron chi connectivity index (χ3n) is 2.97. The highest BCUT2D eigenvalue weighted by Gasteiger charge is 2.19. The van der Waals surface area contributed by atoms with Crippen LogP contribution in [0.5, 0.6) is 11.5 Å². The van der Waals surface area contributed by atoms with Gasteiger partial charge in [0.15, 0.2) is 19.0 Å². The summed E-state index contributed by atoms with van der Waals surface area (Å²) in [4.78, 5) is 34.0. The molecule has 0 unspecified atom stereocenters. The van der Waals surface area contributed by atoms with Gasteiger partial charge in [0.25, 0.3) is 0 Å². The Kier molecular flexibility index (Phi) is 5.51. The molecule has 2 aromatic rings. The Bertz CT molecular complexity index is 704. The number of benzene rings is 2. The summed E-state index contributed by atoms with van der Waals surface area (Å²) in [5, 5.41) is 17.4. The van der Waals surface area contributed by atoms with E-state index in [-0.39, 0.29) is 22.6 Å². The van der Waals surface area contributed by atoms with E-state index in [1.54, 1.807) is 24.3 Å². The fourth-order valence-electron chi connectivity index (χ4n) is 1.98. The molecule has 0 amide bonds. The smallest absolute Gasteiger partial charge is 0.341 e. The van der Waals surface area contributed by atoms with E-state index < -0.39 is 30.9 Å². The summed E-state index contributed by atoms with van der Waals surface area (Å²) in [7, 11) is 0. The maximum absolute atomic E-state index is 12.7. The van der Waals surface area contributed by atoms with Crippen molar-refractivity contribution >= 4 is 17.7 Å². The highest BCUT2D eigenvalue weighted by molar-refractivity contribution is 6.12. The van der Waals surface area contributed by atoms with Crippen LogP contribution in [0.2, 0.25) is 0 Å². The van der Waals surface area contributed by atoms with Crippen LogP contribution in [-0.4, -0.2) is 41.1 Å². The van der Waals surface area contributed by atoms with E-state index in [0.717, 1.165) is 0 Å². The van der Waals surface area contributed by atoms with Crippen LogP contribution in [0, 0.1) is 0 Å². The third kappa shape index (κ3) is 4.33. The summed E-state index contributed by atoms with van der Waals surface area (Å²) < 4.78 is 10.2. The molecule has 0 saturated carbocycles. The summed E-state index contributed by atoms with van der Waals surface area (Å²) in [6.07, 6.45) is 0. The van der Waals surface area contributed by atoms with Crippen LogP contribution in [0.4, 0.5) is 0 Å². The Morgan fingerprint density at radius 2 is 1.08 bits per heavy atom. The fraction of sp³-hybridized carbons (Fsp3) is 0.118. The SMILES string of the molecule is O=C(O)COc1ccccc1C(=O)c1ccccc1OCC(=O)O. The lowest BCUT2D eigenvalue weighted by Crippen LogP contribution is -2.14. The molecule has 24 heavy (non-hydrogen) atoms. The Labute approximate surface area is 137 Å². The second kappa shape index (κ2) is 7.77. The number of carbonyl (C=O) groups is 3. The summed E-state index contributed by atoms with van der Waals surface area (Å²) in [5.41, 5.74) is 0.315. The fourth-order valence-corrected chi connectivity index (χ4v) is 1.98. The average molecular weight is 330 g/mol. The van der Waals surface area contributed by atoms with Gasteiger partial charge in [-0.25, -0.2) is 9.59 Å². The van der Waals surface area contributed by atoms with E-state index in [2.05, 4.69) is 0 Å². The van der Waals surface area contributed by atoms with Gasteiger partial charge in [-0.1, -0.05) is 24.3 Å². The van der Waals surface area contributed by atoms with Gasteiger partial charge in [-0.15, -0.1) is 0 Å². The summed E-state index contributed by atoms with van der Waals surface area (Å²) in [6.45, 7) is -1.16. The molecule has 0 spiro atoms. The standard InChI is InChI=1S/C17H14O7/c18-15(19)9-23-13-7-3-1-5-11(13)17(22)12-6-2-4-8-14(12)24-10-16(20)21/h1-8H,9-10H2,(H,18,19)(H,20,21). The van der Waals surface area contributed by atoms with Crippen molar-refractivity contribution in [3.05, 3.63) is 59.7 Å². The van der Waals surface area contributed by atoms with Crippen LogP contribution in [-0.2, 0) is 9.59 Å². The summed E-state index contributed by atoms with van der Waals surface area (Å²) in [5.74, 6) is -2.54. The number of para-hydroxylation sites is 2. The van der Waals surface area contributed by atoms with Crippen LogP contribution in [0.15, 0.2) is 48.5 Å². The van der Waals surface area contributed by atoms with Gasteiger partial charge in [0, 0.05) is 0 Å². The molecule has 0 heterocycles. The number of ketones is 1. The molecule has 0 aliphatic heterocycles. The van der Waals surface area contributed by atoms with Gasteiger partial charge < -0.3 is 19.7 Å². The molecule has 2 N–H and O–H groups in total. The normalized spacial score (nSPS) is 10.0. The Balaban J connectivity index is 2.32. The van der Waals surface area contributed by atoms with Gasteiger partial charge in [-0.05, 0) is 24.3 Å². The lowest BCUT2D eigenvalue weighted by Gasteiger charge is -2.12. The number of aliphatic carboxylic acids is 2. The molecule has 0 radical (unpaired) electrons. The van der Waals surface area contributed by atoms with E-state index in [1.807, 2.05) is 0 Å². The summed E-state index contributed by atoms with van der Waals surface area (Å²) >= 11 is 0. The molecule has 7 heteroatoms. The van der Waals surface area contributed by atoms with Crippen molar-refractivity contribution in [3.63, 3.8) is 0 Å². The highest BCUT2D eigenvalue weighted by atomic mass is 16.5. The molecule has 2 aromatic carbocycles. The second-order valence-electron chi connectivity index (χ2n) is 4.69. The Morgan fingerprint density at radius 3 is 1.46 bits per heavy atom. The minimum Gasteiger partial charge on any atom is -0.481 e. The van der Waals surface area contributed by atoms with Crippen LogP contribution < -0.4 is 9.47 Å². The number of carboxylic acids is 2. The van der Waals surface area contributed by atoms with Gasteiger partial charge in [-0.2, -0.15) is 0 Å². The number of carboxylic acid groups (broad SMARTS) is 2. The number of hydrogen-bond donors (Lipinski definition) is 2. The number of rotatable bonds is 8. The average Bonchev–Trinajstić information content (AvgIpc) is 2.58. The van der Waals surface area contributed by atoms with E-state index in [4.69, 9.17) is 19.7 Å². The lowest BCUT2D eigenvalue weighted by molar-refractivity contribution is -0.140. The number of hydrogen-bond acceptors (Lipinski definition) is 5. The first-order valence-electron chi connectivity index (χ1n) is 6.91. The van der Waals surface area contributed by atoms with E-state index >= 15 is 0 Å². The number of ether oxygens (including phenoxy) is 2. The molecule has 0 atom stereocenters. The predicted molar refractivity (Wildman–Crippen MR) is 82.6 cm³/mol. The molecular formula is C17H14O7. The zero-order chi connectivity index (χ0) is 17.5. The first-order chi connectivity index (χ1) is 11.5. The molecular weight excluding hydrogens is 316 g/mol. The molecule has 0 saturated heterocycles. The van der Waals surface area contributed by atoms with Crippen molar-refractivity contribution < 1.29 is 34.1 Å². The van der Waals surface area contributed by atoms with E-state index in [9.17, 15) is 14.4 Å². The molecule has 2 rings (SSSR count). The van der Waals surface area contributed by atoms with Crippen LogP contribution in [0.3, 0.4) is 0 Å². The van der Waals surface area contributed by atoms with Crippen LogP contribution in [0.25, 0.3) is 0 Å². The minimum absolute atomic E-state index is 0.123. The molecule has 0 bridgehead atoms. The monoisotopic (exact) mass is 330 g/mol. The number of carbonyl (C=O) groups excluding carboxylic acids is 1. The summed E-state index contributed by atoms with van der Waals surface area (Å²) in [6, 6.07) is 12.4. The molecule has 0 aliphatic rings.